The van der Waals surface area contributed by atoms with E-state index in [0.29, 0.717) is 12.3 Å². The summed E-state index contributed by atoms with van der Waals surface area (Å²) in [6, 6.07) is 8.26. The summed E-state index contributed by atoms with van der Waals surface area (Å²) >= 11 is 0. The van der Waals surface area contributed by atoms with Crippen molar-refractivity contribution in [1.29, 1.82) is 0 Å². The standard InChI is InChI=1S/C16H18N2O4/c1-2-3-9-12(16(20)21)17-14(19)13-10-22-15(18-13)11-7-5-4-6-8-11/h4-8,10,12H,2-3,9H2,1H3,(H,17,19)(H,20,21). The van der Waals surface area contributed by atoms with Crippen LogP contribution in [0, 0.1) is 0 Å². The molecule has 0 saturated heterocycles. The van der Waals surface area contributed by atoms with Gasteiger partial charge in [0, 0.05) is 5.56 Å². The smallest absolute Gasteiger partial charge is 0.326 e. The highest BCUT2D eigenvalue weighted by Gasteiger charge is 2.22. The maximum Gasteiger partial charge on any atom is 0.326 e. The fraction of sp³-hybridized carbons (Fsp3) is 0.312. The van der Waals surface area contributed by atoms with E-state index in [0.717, 1.165) is 18.4 Å². The number of oxazole rings is 1. The van der Waals surface area contributed by atoms with Crippen LogP contribution in [0.1, 0.15) is 36.7 Å². The molecule has 1 atom stereocenters. The van der Waals surface area contributed by atoms with Crippen LogP contribution in [0.2, 0.25) is 0 Å². The minimum absolute atomic E-state index is 0.0709. The van der Waals surface area contributed by atoms with Gasteiger partial charge in [0.05, 0.1) is 0 Å². The number of aliphatic carboxylic acids is 1. The second kappa shape index (κ2) is 7.40. The number of carboxylic acid groups (broad SMARTS) is 1. The zero-order valence-corrected chi connectivity index (χ0v) is 12.3. The molecule has 6 nitrogen and oxygen atoms in total. The van der Waals surface area contributed by atoms with E-state index in [1.165, 1.54) is 6.26 Å². The molecule has 0 aliphatic carbocycles. The number of aromatic nitrogens is 1. The van der Waals surface area contributed by atoms with E-state index >= 15 is 0 Å². The third kappa shape index (κ3) is 3.94. The Hall–Kier alpha value is -2.63. The number of benzene rings is 1. The van der Waals surface area contributed by atoms with Crippen molar-refractivity contribution in [3.8, 4) is 11.5 Å². The van der Waals surface area contributed by atoms with Crippen LogP contribution >= 0.6 is 0 Å². The van der Waals surface area contributed by atoms with Crippen molar-refractivity contribution < 1.29 is 19.1 Å². The van der Waals surface area contributed by atoms with E-state index < -0.39 is 17.9 Å². The number of amides is 1. The van der Waals surface area contributed by atoms with E-state index in [-0.39, 0.29) is 5.69 Å². The van der Waals surface area contributed by atoms with Crippen molar-refractivity contribution >= 4 is 11.9 Å². The second-order valence-corrected chi connectivity index (χ2v) is 4.91. The summed E-state index contributed by atoms with van der Waals surface area (Å²) in [6.45, 7) is 1.96. The Morgan fingerprint density at radius 3 is 2.68 bits per heavy atom. The maximum absolute atomic E-state index is 12.1. The number of unbranched alkanes of at least 4 members (excludes halogenated alkanes) is 1. The fourth-order valence-electron chi connectivity index (χ4n) is 1.99. The predicted octanol–water partition coefficient (Wildman–Crippen LogP) is 2.71. The van der Waals surface area contributed by atoms with Crippen molar-refractivity contribution in [3.05, 3.63) is 42.3 Å². The predicted molar refractivity (Wildman–Crippen MR) is 80.4 cm³/mol. The number of carbonyl (C=O) groups is 2. The molecule has 2 rings (SSSR count). The number of carbonyl (C=O) groups excluding carboxylic acids is 1. The Bertz CT molecular complexity index is 637. The number of rotatable bonds is 7. The van der Waals surface area contributed by atoms with Crippen LogP contribution in [-0.2, 0) is 4.79 Å². The normalized spacial score (nSPS) is 11.9. The molecule has 0 spiro atoms. The van der Waals surface area contributed by atoms with Gasteiger partial charge in [-0.1, -0.05) is 38.0 Å². The lowest BCUT2D eigenvalue weighted by atomic mass is 10.1. The molecule has 6 heteroatoms. The van der Waals surface area contributed by atoms with Gasteiger partial charge in [-0.05, 0) is 18.6 Å². The molecule has 1 aromatic carbocycles. The van der Waals surface area contributed by atoms with Gasteiger partial charge in [0.25, 0.3) is 5.91 Å². The van der Waals surface area contributed by atoms with Crippen LogP contribution in [0.5, 0.6) is 0 Å². The maximum atomic E-state index is 12.1. The first-order valence-electron chi connectivity index (χ1n) is 7.16. The minimum Gasteiger partial charge on any atom is -0.480 e. The highest BCUT2D eigenvalue weighted by Crippen LogP contribution is 2.18. The summed E-state index contributed by atoms with van der Waals surface area (Å²) in [5, 5.41) is 11.6. The van der Waals surface area contributed by atoms with E-state index in [1.807, 2.05) is 37.3 Å². The summed E-state index contributed by atoms with van der Waals surface area (Å²) < 4.78 is 5.28. The molecule has 2 N–H and O–H groups in total. The number of carboxylic acids is 1. The van der Waals surface area contributed by atoms with Crippen LogP contribution in [0.4, 0.5) is 0 Å². The van der Waals surface area contributed by atoms with Gasteiger partial charge in [-0.15, -0.1) is 0 Å². The zero-order valence-electron chi connectivity index (χ0n) is 12.3. The van der Waals surface area contributed by atoms with Gasteiger partial charge in [0.15, 0.2) is 5.69 Å². The summed E-state index contributed by atoms with van der Waals surface area (Å²) in [5.41, 5.74) is 0.823. The summed E-state index contributed by atoms with van der Waals surface area (Å²) in [7, 11) is 0. The molecular weight excluding hydrogens is 284 g/mol. The third-order valence-electron chi connectivity index (χ3n) is 3.21. The van der Waals surface area contributed by atoms with Gasteiger partial charge in [-0.25, -0.2) is 9.78 Å². The van der Waals surface area contributed by atoms with Crippen LogP contribution < -0.4 is 5.32 Å². The van der Waals surface area contributed by atoms with Crippen LogP contribution in [-0.4, -0.2) is 28.0 Å². The highest BCUT2D eigenvalue weighted by atomic mass is 16.4. The van der Waals surface area contributed by atoms with Gasteiger partial charge in [-0.2, -0.15) is 0 Å². The lowest BCUT2D eigenvalue weighted by Crippen LogP contribution is -2.40. The monoisotopic (exact) mass is 302 g/mol. The molecule has 116 valence electrons. The van der Waals surface area contributed by atoms with E-state index in [1.54, 1.807) is 0 Å². The van der Waals surface area contributed by atoms with Gasteiger partial charge in [0.1, 0.15) is 12.3 Å². The molecule has 0 bridgehead atoms. The Kier molecular flexibility index (Phi) is 5.30. The van der Waals surface area contributed by atoms with Crippen LogP contribution in [0.3, 0.4) is 0 Å². The molecule has 0 saturated carbocycles. The minimum atomic E-state index is -1.05. The number of nitrogens with one attached hydrogen (secondary N) is 1. The van der Waals surface area contributed by atoms with E-state index in [4.69, 9.17) is 9.52 Å². The van der Waals surface area contributed by atoms with Gasteiger partial charge >= 0.3 is 5.97 Å². The first-order chi connectivity index (χ1) is 10.6. The quantitative estimate of drug-likeness (QED) is 0.820. The fourth-order valence-corrected chi connectivity index (χ4v) is 1.99. The molecule has 2 aromatic rings. The van der Waals surface area contributed by atoms with Crippen molar-refractivity contribution in [2.24, 2.45) is 0 Å². The average molecular weight is 302 g/mol. The van der Waals surface area contributed by atoms with Crippen molar-refractivity contribution in [2.45, 2.75) is 32.2 Å². The molecule has 0 aliphatic heterocycles. The molecule has 1 unspecified atom stereocenters. The Labute approximate surface area is 128 Å². The summed E-state index contributed by atoms with van der Waals surface area (Å²) in [4.78, 5) is 27.3. The van der Waals surface area contributed by atoms with Crippen molar-refractivity contribution in [2.75, 3.05) is 0 Å². The van der Waals surface area contributed by atoms with Gasteiger partial charge < -0.3 is 14.8 Å². The lowest BCUT2D eigenvalue weighted by Gasteiger charge is -2.12. The largest absolute Gasteiger partial charge is 0.480 e. The van der Waals surface area contributed by atoms with Crippen molar-refractivity contribution in [3.63, 3.8) is 0 Å². The van der Waals surface area contributed by atoms with E-state index in [2.05, 4.69) is 10.3 Å². The van der Waals surface area contributed by atoms with E-state index in [9.17, 15) is 9.59 Å². The highest BCUT2D eigenvalue weighted by molar-refractivity contribution is 5.95. The number of nitrogens with zero attached hydrogens (tertiary/aromatic N) is 1. The zero-order chi connectivity index (χ0) is 15.9. The van der Waals surface area contributed by atoms with Gasteiger partial charge in [0.2, 0.25) is 5.89 Å². The number of hydrogen-bond donors (Lipinski definition) is 2. The molecular formula is C16H18N2O4. The Balaban J connectivity index is 2.06. The molecule has 1 amide bonds. The Morgan fingerprint density at radius 1 is 1.32 bits per heavy atom. The lowest BCUT2D eigenvalue weighted by molar-refractivity contribution is -0.139. The van der Waals surface area contributed by atoms with Gasteiger partial charge in [-0.3, -0.25) is 4.79 Å². The molecule has 22 heavy (non-hydrogen) atoms. The van der Waals surface area contributed by atoms with Crippen LogP contribution in [0.15, 0.2) is 41.0 Å². The third-order valence-corrected chi connectivity index (χ3v) is 3.21. The summed E-state index contributed by atoms with van der Waals surface area (Å²) in [5.74, 6) is -1.27. The molecule has 0 aliphatic rings. The average Bonchev–Trinajstić information content (AvgIpc) is 3.02. The molecule has 1 heterocycles. The first-order valence-corrected chi connectivity index (χ1v) is 7.16. The van der Waals surface area contributed by atoms with Crippen molar-refractivity contribution in [1.82, 2.24) is 10.3 Å². The molecule has 0 radical (unpaired) electrons. The molecule has 0 fully saturated rings. The first kappa shape index (κ1) is 15.8. The second-order valence-electron chi connectivity index (χ2n) is 4.91. The number of hydrogen-bond acceptors (Lipinski definition) is 4. The topological polar surface area (TPSA) is 92.4 Å². The SMILES string of the molecule is CCCCC(NC(=O)c1coc(-c2ccccc2)n1)C(=O)O. The Morgan fingerprint density at radius 2 is 2.05 bits per heavy atom. The molecule has 1 aromatic heterocycles. The van der Waals surface area contributed by atoms with Crippen LogP contribution in [0.25, 0.3) is 11.5 Å². The summed E-state index contributed by atoms with van der Waals surface area (Å²) in [6.07, 6.45) is 3.21.